The van der Waals surface area contributed by atoms with Crippen LogP contribution in [0.25, 0.3) is 10.4 Å². The van der Waals surface area contributed by atoms with E-state index < -0.39 is 0 Å². The van der Waals surface area contributed by atoms with Gasteiger partial charge in [0, 0.05) is 23.3 Å². The molecule has 2 N–H and O–H groups in total. The molecule has 0 bridgehead atoms. The fourth-order valence-corrected chi connectivity index (χ4v) is 0.948. The van der Waals surface area contributed by atoms with Gasteiger partial charge in [0.15, 0.2) is 11.5 Å². The number of rotatable bonds is 3. The molecular weight excluding hydrogens is 170 g/mol. The second-order valence-electron chi connectivity index (χ2n) is 2.53. The molecule has 0 aliphatic heterocycles. The average molecular weight is 195 g/mol. The first kappa shape index (κ1) is 4.99. The molecule has 0 aliphatic carbocycles. The molecular formula is C8H17N3O2. The van der Waals surface area contributed by atoms with Crippen LogP contribution in [-0.4, -0.2) is 16.8 Å². The number of hydrogen-bond acceptors (Lipinski definition) is 3. The molecule has 0 amide bonds. The van der Waals surface area contributed by atoms with Gasteiger partial charge >= 0.3 is 0 Å². The molecule has 13 heavy (non-hydrogen) atoms. The molecule has 0 heterocycles. The number of hydrogen-bond donors (Lipinski definition) is 2. The Hall–Kier alpha value is -1.87. The van der Waals surface area contributed by atoms with Gasteiger partial charge in [-0.1, -0.05) is 11.2 Å². The molecule has 0 saturated carbocycles. The molecule has 1 rings (SSSR count). The monoisotopic (exact) mass is 195 g/mol. The van der Waals surface area contributed by atoms with Gasteiger partial charge in [-0.2, -0.15) is 0 Å². The van der Waals surface area contributed by atoms with Gasteiger partial charge in [0.25, 0.3) is 0 Å². The summed E-state index contributed by atoms with van der Waals surface area (Å²) in [5.74, 6) is -0.300. The standard InChI is InChI=1S/C8H9N3O2.4H2/c9-11-10-4-3-6-1-2-7(12)8(13)5-6;;;;/h1-2,5,12-13H,3-4H2;4*1H/i;4*1+1D. The minimum atomic E-state index is -0.154. The largest absolute Gasteiger partial charge is 0.504 e. The van der Waals surface area contributed by atoms with Crippen molar-refractivity contribution < 1.29 is 22.1 Å². The maximum atomic E-state index is 9.10. The van der Waals surface area contributed by atoms with Gasteiger partial charge in [-0.05, 0) is 29.6 Å². The number of azide groups is 1. The van der Waals surface area contributed by atoms with Crippen LogP contribution < -0.4 is 0 Å². The SMILES string of the molecule is [2H][2H].[2H][2H].[2H][2H].[2H][2H].[N-]=[N+]=NCCc1ccc(O)c(O)c1. The fourth-order valence-electron chi connectivity index (χ4n) is 0.948. The molecule has 1 aromatic carbocycles. The summed E-state index contributed by atoms with van der Waals surface area (Å²) in [7, 11) is 0. The van der Waals surface area contributed by atoms with Crippen molar-refractivity contribution in [2.75, 3.05) is 6.54 Å². The van der Waals surface area contributed by atoms with E-state index in [1.54, 1.807) is 6.07 Å². The van der Waals surface area contributed by atoms with Crippen molar-refractivity contribution in [3.05, 3.63) is 34.2 Å². The third kappa shape index (κ3) is 2.57. The number of nitrogens with zero attached hydrogens (tertiary/aromatic N) is 3. The van der Waals surface area contributed by atoms with Crippen molar-refractivity contribution in [3.63, 3.8) is 0 Å². The molecule has 5 heteroatoms. The van der Waals surface area contributed by atoms with Gasteiger partial charge in [-0.15, -0.1) is 0 Å². The van der Waals surface area contributed by atoms with E-state index in [0.717, 1.165) is 5.56 Å². The summed E-state index contributed by atoms with van der Waals surface area (Å²) in [5, 5.41) is 21.4. The average Bonchev–Trinajstić information content (AvgIpc) is 2.58. The van der Waals surface area contributed by atoms with E-state index in [0.29, 0.717) is 13.0 Å². The Morgan fingerprint density at radius 3 is 2.85 bits per heavy atom. The molecule has 0 unspecified atom stereocenters. The van der Waals surface area contributed by atoms with E-state index in [4.69, 9.17) is 27.6 Å². The lowest BCUT2D eigenvalue weighted by Crippen LogP contribution is -1.87. The van der Waals surface area contributed by atoms with Gasteiger partial charge in [0.1, 0.15) is 0 Å². The van der Waals surface area contributed by atoms with Crippen LogP contribution in [0.15, 0.2) is 23.3 Å². The van der Waals surface area contributed by atoms with Gasteiger partial charge < -0.3 is 10.2 Å². The minimum Gasteiger partial charge on any atom is -0.504 e. The van der Waals surface area contributed by atoms with Crippen molar-refractivity contribution in [1.82, 2.24) is 0 Å². The zero-order chi connectivity index (χ0) is 17.7. The van der Waals surface area contributed by atoms with Crippen molar-refractivity contribution in [1.29, 1.82) is 0 Å². The van der Waals surface area contributed by atoms with Crippen LogP contribution in [0.3, 0.4) is 0 Å². The molecule has 0 fully saturated rings. The van der Waals surface area contributed by atoms with Gasteiger partial charge in [-0.25, -0.2) is 0 Å². The number of benzene rings is 1. The van der Waals surface area contributed by atoms with E-state index in [-0.39, 0.29) is 11.5 Å². The Labute approximate surface area is 87.2 Å². The van der Waals surface area contributed by atoms with Crippen molar-refractivity contribution in [2.24, 2.45) is 5.11 Å². The zero-order valence-corrected chi connectivity index (χ0v) is 6.88. The third-order valence-corrected chi connectivity index (χ3v) is 1.60. The highest BCUT2D eigenvalue weighted by Crippen LogP contribution is 2.24. The van der Waals surface area contributed by atoms with E-state index in [9.17, 15) is 0 Å². The summed E-state index contributed by atoms with van der Waals surface area (Å²) >= 11 is 0. The normalized spacial score (nSPS) is 11.7. The summed E-state index contributed by atoms with van der Waals surface area (Å²) in [5.41, 5.74) is 8.83. The minimum absolute atomic E-state index is 0.146. The third-order valence-electron chi connectivity index (χ3n) is 1.60. The van der Waals surface area contributed by atoms with E-state index in [1.807, 2.05) is 0 Å². The molecule has 0 atom stereocenters. The zero-order valence-electron chi connectivity index (χ0n) is 14.9. The quantitative estimate of drug-likeness (QED) is 0.336. The van der Waals surface area contributed by atoms with Crippen LogP contribution in [0, 0.1) is 0 Å². The van der Waals surface area contributed by atoms with E-state index in [2.05, 4.69) is 10.0 Å². The first-order valence-electron chi connectivity index (χ1n) is 7.76. The van der Waals surface area contributed by atoms with Gasteiger partial charge in [0.2, 0.25) is 0 Å². The highest BCUT2D eigenvalue weighted by Gasteiger charge is 1.99. The predicted molar refractivity (Wildman–Crippen MR) is 55.9 cm³/mol. The molecule has 0 spiro atoms. The van der Waals surface area contributed by atoms with Crippen LogP contribution in [0.2, 0.25) is 0 Å². The van der Waals surface area contributed by atoms with Crippen LogP contribution in [0.4, 0.5) is 0 Å². The Morgan fingerprint density at radius 2 is 2.23 bits per heavy atom. The Bertz CT molecular complexity index is 365. The summed E-state index contributed by atoms with van der Waals surface area (Å²) in [6.07, 6.45) is 0.553. The fraction of sp³-hybridized carbons (Fsp3) is 0.250. The molecule has 0 aromatic heterocycles. The Balaban J connectivity index is -0.000000156. The van der Waals surface area contributed by atoms with Gasteiger partial charge in [0.05, 0.1) is 0 Å². The molecule has 1 aromatic rings. The second-order valence-corrected chi connectivity index (χ2v) is 2.53. The highest BCUT2D eigenvalue weighted by molar-refractivity contribution is 5.40. The van der Waals surface area contributed by atoms with Crippen LogP contribution in [0.1, 0.15) is 17.4 Å². The summed E-state index contributed by atoms with van der Waals surface area (Å²) in [4.78, 5) is 2.60. The van der Waals surface area contributed by atoms with E-state index >= 15 is 0 Å². The predicted octanol–water partition coefficient (Wildman–Crippen LogP) is 2.93. The lowest BCUT2D eigenvalue weighted by Gasteiger charge is -2.00. The number of phenolic OH excluding ortho intramolecular Hbond substituents is 2. The van der Waals surface area contributed by atoms with Crippen LogP contribution in [-0.2, 0) is 6.42 Å². The number of phenols is 2. The summed E-state index contributed by atoms with van der Waals surface area (Å²) < 4.78 is 40.0. The molecule has 0 saturated heterocycles. The summed E-state index contributed by atoms with van der Waals surface area (Å²) in [6.45, 7) is 0.348. The lowest BCUT2D eigenvalue weighted by atomic mass is 10.1. The molecule has 0 aliphatic rings. The smallest absolute Gasteiger partial charge is 0.157 e. The Morgan fingerprint density at radius 1 is 1.46 bits per heavy atom. The first-order chi connectivity index (χ1) is 10.2. The van der Waals surface area contributed by atoms with Crippen LogP contribution >= 0.6 is 0 Å². The second kappa shape index (κ2) is 4.23. The Kier molecular flexibility index (Phi) is 1.62. The maximum Gasteiger partial charge on any atom is 0.157 e. The van der Waals surface area contributed by atoms with Crippen molar-refractivity contribution in [3.8, 4) is 11.5 Å². The van der Waals surface area contributed by atoms with Crippen molar-refractivity contribution >= 4 is 0 Å². The molecule has 0 radical (unpaired) electrons. The summed E-state index contributed by atoms with van der Waals surface area (Å²) in [6, 6.07) is 4.52. The topological polar surface area (TPSA) is 89.2 Å². The van der Waals surface area contributed by atoms with Crippen molar-refractivity contribution in [2.45, 2.75) is 6.42 Å². The highest BCUT2D eigenvalue weighted by atomic mass is 16.3. The van der Waals surface area contributed by atoms with Crippen LogP contribution in [0.5, 0.6) is 11.5 Å². The molecule has 5 nitrogen and oxygen atoms in total. The lowest BCUT2D eigenvalue weighted by molar-refractivity contribution is 0.403. The first-order valence-corrected chi connectivity index (χ1v) is 3.76. The molecule has 76 valence electrons. The van der Waals surface area contributed by atoms with Gasteiger partial charge in [-0.3, -0.25) is 0 Å². The van der Waals surface area contributed by atoms with E-state index in [1.165, 1.54) is 12.1 Å². The maximum absolute atomic E-state index is 9.10. The number of aromatic hydroxyl groups is 2.